The van der Waals surface area contributed by atoms with Crippen LogP contribution >= 0.6 is 11.3 Å². The molecule has 1 amide bonds. The van der Waals surface area contributed by atoms with E-state index in [0.29, 0.717) is 5.39 Å². The largest absolute Gasteiger partial charge is 0.324 e. The third-order valence-electron chi connectivity index (χ3n) is 4.67. The Labute approximate surface area is 149 Å². The lowest BCUT2D eigenvalue weighted by Gasteiger charge is -2.10. The minimum absolute atomic E-state index is 0.0280. The highest BCUT2D eigenvalue weighted by Crippen LogP contribution is 2.34. The first kappa shape index (κ1) is 16.0. The van der Waals surface area contributed by atoms with Gasteiger partial charge in [-0.05, 0) is 55.9 Å². The van der Waals surface area contributed by atoms with Gasteiger partial charge in [-0.1, -0.05) is 12.1 Å². The van der Waals surface area contributed by atoms with Gasteiger partial charge in [-0.3, -0.25) is 14.2 Å². The fourth-order valence-corrected chi connectivity index (χ4v) is 4.57. The van der Waals surface area contributed by atoms with Crippen molar-refractivity contribution in [3.05, 3.63) is 56.4 Å². The van der Waals surface area contributed by atoms with Gasteiger partial charge >= 0.3 is 0 Å². The van der Waals surface area contributed by atoms with Gasteiger partial charge in [-0.2, -0.15) is 0 Å². The van der Waals surface area contributed by atoms with Crippen LogP contribution in [0.4, 0.5) is 5.69 Å². The highest BCUT2D eigenvalue weighted by molar-refractivity contribution is 7.18. The monoisotopic (exact) mass is 353 g/mol. The number of rotatable bonds is 3. The number of benzene rings is 1. The Balaban J connectivity index is 1.62. The number of carbonyl (C=O) groups excluding carboxylic acids is 1. The van der Waals surface area contributed by atoms with Crippen LogP contribution < -0.4 is 10.9 Å². The summed E-state index contributed by atoms with van der Waals surface area (Å²) < 4.78 is 1.41. The summed E-state index contributed by atoms with van der Waals surface area (Å²) in [6.07, 6.45) is 4.55. The van der Waals surface area contributed by atoms with E-state index in [0.717, 1.165) is 46.5 Å². The highest BCUT2D eigenvalue weighted by Gasteiger charge is 2.21. The molecule has 1 aromatic carbocycles. The highest BCUT2D eigenvalue weighted by atomic mass is 32.1. The Bertz CT molecular complexity index is 1050. The van der Waals surface area contributed by atoms with Crippen LogP contribution in [-0.2, 0) is 24.2 Å². The van der Waals surface area contributed by atoms with Gasteiger partial charge < -0.3 is 5.32 Å². The van der Waals surface area contributed by atoms with E-state index in [1.54, 1.807) is 11.3 Å². The van der Waals surface area contributed by atoms with Crippen molar-refractivity contribution in [3.63, 3.8) is 0 Å². The van der Waals surface area contributed by atoms with E-state index in [9.17, 15) is 9.59 Å². The first-order chi connectivity index (χ1) is 12.0. The number of hydrogen-bond donors (Lipinski definition) is 1. The number of aromatic nitrogens is 2. The molecule has 0 fully saturated rings. The van der Waals surface area contributed by atoms with Crippen LogP contribution in [0.15, 0.2) is 29.3 Å². The zero-order valence-electron chi connectivity index (χ0n) is 14.3. The summed E-state index contributed by atoms with van der Waals surface area (Å²) in [5, 5.41) is 3.61. The van der Waals surface area contributed by atoms with Gasteiger partial charge in [0.05, 0.1) is 11.7 Å². The lowest BCUT2D eigenvalue weighted by molar-refractivity contribution is -0.116. The Hall–Kier alpha value is -2.47. The molecule has 2 aromatic heterocycles. The number of hydrogen-bond acceptors (Lipinski definition) is 4. The van der Waals surface area contributed by atoms with E-state index in [-0.39, 0.29) is 18.0 Å². The normalized spacial score (nSPS) is 13.2. The second-order valence-corrected chi connectivity index (χ2v) is 7.67. The predicted molar refractivity (Wildman–Crippen MR) is 100 cm³/mol. The smallest absolute Gasteiger partial charge is 0.262 e. The van der Waals surface area contributed by atoms with E-state index >= 15 is 0 Å². The minimum atomic E-state index is -0.219. The van der Waals surface area contributed by atoms with Crippen molar-refractivity contribution >= 4 is 33.1 Å². The number of thiophene rings is 1. The number of amides is 1. The van der Waals surface area contributed by atoms with Gasteiger partial charge in [0.15, 0.2) is 0 Å². The fourth-order valence-electron chi connectivity index (χ4n) is 3.35. The number of aryl methyl sites for hydroxylation is 4. The first-order valence-electron chi connectivity index (χ1n) is 8.40. The number of nitrogens with one attached hydrogen (secondary N) is 1. The first-order valence-corrected chi connectivity index (χ1v) is 9.21. The van der Waals surface area contributed by atoms with Crippen LogP contribution in [0.1, 0.15) is 28.0 Å². The fraction of sp³-hybridized carbons (Fsp3) is 0.316. The Kier molecular flexibility index (Phi) is 3.92. The van der Waals surface area contributed by atoms with E-state index in [2.05, 4.69) is 10.3 Å². The summed E-state index contributed by atoms with van der Waals surface area (Å²) in [6, 6.07) is 5.91. The molecule has 0 atom stereocenters. The summed E-state index contributed by atoms with van der Waals surface area (Å²) in [5.41, 5.74) is 3.89. The molecule has 0 saturated carbocycles. The molecule has 1 N–H and O–H groups in total. The molecule has 2 heterocycles. The molecule has 25 heavy (non-hydrogen) atoms. The molecule has 5 nitrogen and oxygen atoms in total. The van der Waals surface area contributed by atoms with Crippen LogP contribution in [0.3, 0.4) is 0 Å². The van der Waals surface area contributed by atoms with Gasteiger partial charge in [-0.25, -0.2) is 4.98 Å². The Morgan fingerprint density at radius 2 is 2.16 bits per heavy atom. The average molecular weight is 353 g/mol. The Morgan fingerprint density at radius 1 is 1.32 bits per heavy atom. The molecule has 0 radical (unpaired) electrons. The molecular formula is C19H19N3O2S. The van der Waals surface area contributed by atoms with Gasteiger partial charge in [0.1, 0.15) is 11.4 Å². The van der Waals surface area contributed by atoms with Crippen LogP contribution in [0.25, 0.3) is 10.2 Å². The van der Waals surface area contributed by atoms with Crippen molar-refractivity contribution in [2.45, 2.75) is 39.7 Å². The maximum atomic E-state index is 12.8. The molecule has 3 aromatic rings. The van der Waals surface area contributed by atoms with Crippen LogP contribution in [0.5, 0.6) is 0 Å². The SMILES string of the molecule is Cc1ccc(C)c(NC(=O)Cn2cnc3sc4c(c3c2=O)CCC4)c1. The second-order valence-electron chi connectivity index (χ2n) is 6.58. The van der Waals surface area contributed by atoms with E-state index in [4.69, 9.17) is 0 Å². The summed E-state index contributed by atoms with van der Waals surface area (Å²) in [7, 11) is 0. The van der Waals surface area contributed by atoms with Gasteiger partial charge in [0, 0.05) is 10.6 Å². The molecular weight excluding hydrogens is 334 g/mol. The topological polar surface area (TPSA) is 64.0 Å². The van der Waals surface area contributed by atoms with Crippen molar-refractivity contribution in [2.24, 2.45) is 0 Å². The van der Waals surface area contributed by atoms with Crippen molar-refractivity contribution < 1.29 is 4.79 Å². The standard InChI is InChI=1S/C19H19N3O2S/c1-11-6-7-12(2)14(8-11)21-16(23)9-22-10-20-18-17(19(22)24)13-4-3-5-15(13)25-18/h6-8,10H,3-5,9H2,1-2H3,(H,21,23). The molecule has 0 spiro atoms. The van der Waals surface area contributed by atoms with Gasteiger partial charge in [0.25, 0.3) is 5.56 Å². The van der Waals surface area contributed by atoms with E-state index < -0.39 is 0 Å². The zero-order valence-corrected chi connectivity index (χ0v) is 15.1. The van der Waals surface area contributed by atoms with Crippen LogP contribution in [0.2, 0.25) is 0 Å². The molecule has 0 unspecified atom stereocenters. The molecule has 0 bridgehead atoms. The van der Waals surface area contributed by atoms with Crippen molar-refractivity contribution in [2.75, 3.05) is 5.32 Å². The lowest BCUT2D eigenvalue weighted by Crippen LogP contribution is -2.28. The van der Waals surface area contributed by atoms with Crippen molar-refractivity contribution in [1.29, 1.82) is 0 Å². The van der Waals surface area contributed by atoms with Gasteiger partial charge in [-0.15, -0.1) is 11.3 Å². The van der Waals surface area contributed by atoms with Crippen molar-refractivity contribution in [1.82, 2.24) is 9.55 Å². The molecule has 4 rings (SSSR count). The summed E-state index contributed by atoms with van der Waals surface area (Å²) in [5.74, 6) is -0.219. The average Bonchev–Trinajstić information content (AvgIpc) is 3.14. The Morgan fingerprint density at radius 3 is 3.00 bits per heavy atom. The maximum Gasteiger partial charge on any atom is 0.262 e. The number of nitrogens with zero attached hydrogens (tertiary/aromatic N) is 2. The quantitative estimate of drug-likeness (QED) is 0.786. The van der Waals surface area contributed by atoms with Gasteiger partial charge in [0.2, 0.25) is 5.91 Å². The summed E-state index contributed by atoms with van der Waals surface area (Å²) in [6.45, 7) is 3.90. The molecule has 6 heteroatoms. The van der Waals surface area contributed by atoms with E-state index in [1.807, 2.05) is 32.0 Å². The molecule has 128 valence electrons. The number of fused-ring (bicyclic) bond motifs is 3. The van der Waals surface area contributed by atoms with Crippen LogP contribution in [0, 0.1) is 13.8 Å². The summed E-state index contributed by atoms with van der Waals surface area (Å²) in [4.78, 5) is 31.7. The zero-order chi connectivity index (χ0) is 17.6. The number of carbonyl (C=O) groups is 1. The molecule has 0 aliphatic heterocycles. The third kappa shape index (κ3) is 2.87. The summed E-state index contributed by atoms with van der Waals surface area (Å²) >= 11 is 1.61. The maximum absolute atomic E-state index is 12.8. The lowest BCUT2D eigenvalue weighted by atomic mass is 10.1. The van der Waals surface area contributed by atoms with Crippen LogP contribution in [-0.4, -0.2) is 15.5 Å². The second kappa shape index (κ2) is 6.11. The predicted octanol–water partition coefficient (Wildman–Crippen LogP) is 3.20. The molecule has 0 saturated heterocycles. The third-order valence-corrected chi connectivity index (χ3v) is 5.87. The molecule has 1 aliphatic rings. The minimum Gasteiger partial charge on any atom is -0.324 e. The van der Waals surface area contributed by atoms with Crippen molar-refractivity contribution in [3.8, 4) is 0 Å². The number of anilines is 1. The van der Waals surface area contributed by atoms with E-state index in [1.165, 1.54) is 15.8 Å². The molecule has 1 aliphatic carbocycles.